The van der Waals surface area contributed by atoms with Gasteiger partial charge in [-0.05, 0) is 50.1 Å². The van der Waals surface area contributed by atoms with Gasteiger partial charge in [0.05, 0.1) is 22.0 Å². The number of benzene rings is 1. The molecule has 0 aliphatic heterocycles. The van der Waals surface area contributed by atoms with E-state index in [1.165, 1.54) is 6.20 Å². The Labute approximate surface area is 174 Å². The Kier molecular flexibility index (Phi) is 6.29. The van der Waals surface area contributed by atoms with Crippen molar-refractivity contribution < 1.29 is 9.59 Å². The Balaban J connectivity index is 1.67. The molecule has 8 heteroatoms. The molecule has 0 saturated heterocycles. The van der Waals surface area contributed by atoms with Crippen LogP contribution in [0.25, 0.3) is 0 Å². The summed E-state index contributed by atoms with van der Waals surface area (Å²) in [5.74, 6) is -0.157. The first-order chi connectivity index (χ1) is 13.8. The second-order valence-corrected chi connectivity index (χ2v) is 7.12. The molecular weight excluding hydrogens is 390 g/mol. The van der Waals surface area contributed by atoms with Crippen molar-refractivity contribution in [3.63, 3.8) is 0 Å². The van der Waals surface area contributed by atoms with Crippen LogP contribution < -0.4 is 10.6 Å². The molecule has 0 saturated carbocycles. The Morgan fingerprint density at radius 1 is 1.10 bits per heavy atom. The molecule has 0 radical (unpaired) electrons. The van der Waals surface area contributed by atoms with Crippen LogP contribution in [0.1, 0.15) is 33.7 Å². The SMILES string of the molecule is Cc1nn(C)c(C)c1CCC(=O)Nc1ccccc1C(=O)Nc1ccc(Cl)cn1. The van der Waals surface area contributed by atoms with Crippen molar-refractivity contribution in [2.75, 3.05) is 10.6 Å². The van der Waals surface area contributed by atoms with E-state index in [0.29, 0.717) is 34.9 Å². The van der Waals surface area contributed by atoms with Gasteiger partial charge in [0.2, 0.25) is 5.91 Å². The molecule has 2 N–H and O–H groups in total. The number of nitrogens with one attached hydrogen (secondary N) is 2. The molecule has 3 aromatic rings. The number of carbonyl (C=O) groups is 2. The van der Waals surface area contributed by atoms with Gasteiger partial charge in [-0.1, -0.05) is 23.7 Å². The Morgan fingerprint density at radius 3 is 2.52 bits per heavy atom. The van der Waals surface area contributed by atoms with E-state index in [1.807, 2.05) is 25.6 Å². The number of carbonyl (C=O) groups excluding carboxylic acids is 2. The number of amides is 2. The average molecular weight is 412 g/mol. The average Bonchev–Trinajstić information content (AvgIpc) is 2.94. The highest BCUT2D eigenvalue weighted by Gasteiger charge is 2.15. The maximum absolute atomic E-state index is 12.6. The van der Waals surface area contributed by atoms with Gasteiger partial charge in [-0.25, -0.2) is 4.98 Å². The molecule has 0 atom stereocenters. The number of rotatable bonds is 6. The molecule has 0 fully saturated rings. The third-order valence-electron chi connectivity index (χ3n) is 4.68. The molecule has 0 unspecified atom stereocenters. The number of hydrogen-bond donors (Lipinski definition) is 2. The Bertz CT molecular complexity index is 1040. The Hall–Kier alpha value is -3.19. The Morgan fingerprint density at radius 2 is 1.86 bits per heavy atom. The van der Waals surface area contributed by atoms with E-state index >= 15 is 0 Å². The van der Waals surface area contributed by atoms with Crippen molar-refractivity contribution in [2.45, 2.75) is 26.7 Å². The molecule has 3 rings (SSSR count). The summed E-state index contributed by atoms with van der Waals surface area (Å²) in [4.78, 5) is 29.2. The van der Waals surface area contributed by atoms with Crippen LogP contribution in [-0.2, 0) is 18.3 Å². The largest absolute Gasteiger partial charge is 0.325 e. The van der Waals surface area contributed by atoms with Gasteiger partial charge in [-0.2, -0.15) is 5.10 Å². The first-order valence-electron chi connectivity index (χ1n) is 9.16. The minimum atomic E-state index is -0.366. The lowest BCUT2D eigenvalue weighted by Crippen LogP contribution is -2.19. The van der Waals surface area contributed by atoms with Gasteiger partial charge < -0.3 is 10.6 Å². The summed E-state index contributed by atoms with van der Waals surface area (Å²) < 4.78 is 1.81. The zero-order valence-corrected chi connectivity index (χ0v) is 17.2. The number of nitrogens with zero attached hydrogens (tertiary/aromatic N) is 3. The molecule has 2 heterocycles. The third kappa shape index (κ3) is 5.00. The lowest BCUT2D eigenvalue weighted by atomic mass is 10.1. The fourth-order valence-corrected chi connectivity index (χ4v) is 3.17. The summed E-state index contributed by atoms with van der Waals surface area (Å²) in [6.45, 7) is 3.92. The molecule has 150 valence electrons. The number of aromatic nitrogens is 3. The maximum atomic E-state index is 12.6. The van der Waals surface area contributed by atoms with Gasteiger partial charge in [-0.3, -0.25) is 14.3 Å². The van der Waals surface area contributed by atoms with Crippen LogP contribution in [0.4, 0.5) is 11.5 Å². The number of aryl methyl sites for hydroxylation is 2. The van der Waals surface area contributed by atoms with E-state index in [-0.39, 0.29) is 11.8 Å². The van der Waals surface area contributed by atoms with Crippen molar-refractivity contribution in [1.29, 1.82) is 0 Å². The van der Waals surface area contributed by atoms with Crippen LogP contribution in [0.15, 0.2) is 42.6 Å². The van der Waals surface area contributed by atoms with Crippen LogP contribution >= 0.6 is 11.6 Å². The van der Waals surface area contributed by atoms with Gasteiger partial charge in [-0.15, -0.1) is 0 Å². The summed E-state index contributed by atoms with van der Waals surface area (Å²) in [5, 5.41) is 10.4. The summed E-state index contributed by atoms with van der Waals surface area (Å²) in [7, 11) is 1.89. The molecule has 0 aliphatic carbocycles. The highest BCUT2D eigenvalue weighted by atomic mass is 35.5. The summed E-state index contributed by atoms with van der Waals surface area (Å²) in [6, 6.07) is 10.1. The van der Waals surface area contributed by atoms with E-state index in [4.69, 9.17) is 11.6 Å². The van der Waals surface area contributed by atoms with Gasteiger partial charge in [0.15, 0.2) is 0 Å². The van der Waals surface area contributed by atoms with E-state index < -0.39 is 0 Å². The second-order valence-electron chi connectivity index (χ2n) is 6.68. The van der Waals surface area contributed by atoms with E-state index in [0.717, 1.165) is 17.0 Å². The first kappa shape index (κ1) is 20.5. The quantitative estimate of drug-likeness (QED) is 0.643. The smallest absolute Gasteiger partial charge is 0.258 e. The molecular formula is C21H22ClN5O2. The molecule has 7 nitrogen and oxygen atoms in total. The van der Waals surface area contributed by atoms with Gasteiger partial charge >= 0.3 is 0 Å². The first-order valence-corrected chi connectivity index (χ1v) is 9.54. The van der Waals surface area contributed by atoms with Gasteiger partial charge in [0.25, 0.3) is 5.91 Å². The summed E-state index contributed by atoms with van der Waals surface area (Å²) in [5.41, 5.74) is 3.84. The van der Waals surface area contributed by atoms with Crippen LogP contribution in [0.3, 0.4) is 0 Å². The monoisotopic (exact) mass is 411 g/mol. The van der Waals surface area contributed by atoms with Crippen LogP contribution in [0.5, 0.6) is 0 Å². The van der Waals surface area contributed by atoms with Crippen molar-refractivity contribution in [3.8, 4) is 0 Å². The fraction of sp³-hybridized carbons (Fsp3) is 0.238. The normalized spacial score (nSPS) is 10.6. The molecule has 0 aliphatic rings. The van der Waals surface area contributed by atoms with Crippen molar-refractivity contribution in [3.05, 3.63) is 70.1 Å². The van der Waals surface area contributed by atoms with Crippen LogP contribution in [0, 0.1) is 13.8 Å². The third-order valence-corrected chi connectivity index (χ3v) is 4.90. The molecule has 2 amide bonds. The fourth-order valence-electron chi connectivity index (χ4n) is 3.05. The molecule has 0 spiro atoms. The summed E-state index contributed by atoms with van der Waals surface area (Å²) >= 11 is 5.81. The number of anilines is 2. The molecule has 1 aromatic carbocycles. The van der Waals surface area contributed by atoms with Crippen LogP contribution in [0.2, 0.25) is 5.02 Å². The van der Waals surface area contributed by atoms with E-state index in [9.17, 15) is 9.59 Å². The number of para-hydroxylation sites is 1. The molecule has 2 aromatic heterocycles. The number of hydrogen-bond acceptors (Lipinski definition) is 4. The van der Waals surface area contributed by atoms with Gasteiger partial charge in [0.1, 0.15) is 5.82 Å². The topological polar surface area (TPSA) is 88.9 Å². The predicted molar refractivity (Wildman–Crippen MR) is 113 cm³/mol. The number of halogens is 1. The number of pyridine rings is 1. The summed E-state index contributed by atoms with van der Waals surface area (Å²) in [6.07, 6.45) is 2.33. The van der Waals surface area contributed by atoms with Crippen molar-refractivity contribution >= 4 is 34.9 Å². The maximum Gasteiger partial charge on any atom is 0.258 e. The predicted octanol–water partition coefficient (Wildman–Crippen LogP) is 3.91. The highest BCUT2D eigenvalue weighted by Crippen LogP contribution is 2.19. The van der Waals surface area contributed by atoms with Crippen molar-refractivity contribution in [2.24, 2.45) is 7.05 Å². The van der Waals surface area contributed by atoms with Crippen LogP contribution in [-0.4, -0.2) is 26.6 Å². The molecule has 0 bridgehead atoms. The standard InChI is InChI=1S/C21H22ClN5O2/c1-13-16(14(2)27(3)26-13)9-11-20(28)24-18-7-5-4-6-17(18)21(29)25-19-10-8-15(22)12-23-19/h4-8,10,12H,9,11H2,1-3H3,(H,24,28)(H,23,25,29). The molecule has 29 heavy (non-hydrogen) atoms. The van der Waals surface area contributed by atoms with E-state index in [1.54, 1.807) is 36.4 Å². The minimum Gasteiger partial charge on any atom is -0.325 e. The highest BCUT2D eigenvalue weighted by molar-refractivity contribution is 6.30. The van der Waals surface area contributed by atoms with Gasteiger partial charge in [0, 0.05) is 25.4 Å². The van der Waals surface area contributed by atoms with Crippen molar-refractivity contribution in [1.82, 2.24) is 14.8 Å². The zero-order valence-electron chi connectivity index (χ0n) is 16.5. The second kappa shape index (κ2) is 8.87. The minimum absolute atomic E-state index is 0.169. The van der Waals surface area contributed by atoms with E-state index in [2.05, 4.69) is 20.7 Å². The zero-order chi connectivity index (χ0) is 21.0. The lowest BCUT2D eigenvalue weighted by Gasteiger charge is -2.11. The lowest BCUT2D eigenvalue weighted by molar-refractivity contribution is -0.116.